The minimum Gasteiger partial charge on any atom is -0.448 e. The van der Waals surface area contributed by atoms with Crippen molar-refractivity contribution in [3.05, 3.63) is 53.2 Å². The van der Waals surface area contributed by atoms with Gasteiger partial charge in [0.05, 0.1) is 11.7 Å². The molecule has 1 unspecified atom stereocenters. The minimum atomic E-state index is -4.33. The fourth-order valence-electron chi connectivity index (χ4n) is 1.58. The van der Waals surface area contributed by atoms with Gasteiger partial charge in [0, 0.05) is 6.42 Å². The van der Waals surface area contributed by atoms with Crippen molar-refractivity contribution >= 4 is 0 Å². The number of aliphatic hydroxyl groups excluding tert-OH is 1. The van der Waals surface area contributed by atoms with Gasteiger partial charge in [-0.15, -0.1) is 0 Å². The Hall–Kier alpha value is -1.82. The summed E-state index contributed by atoms with van der Waals surface area (Å²) in [4.78, 5) is 4.04. The molecule has 0 saturated carbocycles. The van der Waals surface area contributed by atoms with Crippen molar-refractivity contribution in [3.63, 3.8) is 0 Å². The van der Waals surface area contributed by atoms with Gasteiger partial charge in [0.25, 0.3) is 0 Å². The predicted molar refractivity (Wildman–Crippen MR) is 61.4 cm³/mol. The molecule has 0 saturated heterocycles. The Morgan fingerprint density at radius 1 is 1.26 bits per heavy atom. The van der Waals surface area contributed by atoms with Crippen LogP contribution in [0.2, 0.25) is 0 Å². The van der Waals surface area contributed by atoms with E-state index in [-0.39, 0.29) is 6.42 Å². The molecule has 19 heavy (non-hydrogen) atoms. The van der Waals surface area contributed by atoms with Crippen molar-refractivity contribution in [3.8, 4) is 0 Å². The maximum atomic E-state index is 12.4. The summed E-state index contributed by atoms with van der Waals surface area (Å²) >= 11 is 0. The molecule has 0 aliphatic carbocycles. The highest BCUT2D eigenvalue weighted by molar-refractivity contribution is 5.26. The molecule has 1 atom stereocenters. The fraction of sp³-hybridized carbons (Fsp3) is 0.308. The van der Waals surface area contributed by atoms with Gasteiger partial charge < -0.3 is 9.52 Å². The highest BCUT2D eigenvalue weighted by Gasteiger charge is 2.29. The van der Waals surface area contributed by atoms with Crippen LogP contribution in [0.3, 0.4) is 0 Å². The van der Waals surface area contributed by atoms with E-state index >= 15 is 0 Å². The van der Waals surface area contributed by atoms with E-state index in [1.807, 2.05) is 0 Å². The van der Waals surface area contributed by atoms with E-state index in [1.54, 1.807) is 6.92 Å². The maximum absolute atomic E-state index is 12.4. The molecule has 2 aromatic rings. The average Bonchev–Trinajstić information content (AvgIpc) is 2.77. The summed E-state index contributed by atoms with van der Waals surface area (Å²) < 4.78 is 42.3. The number of hydrogen-bond donors (Lipinski definition) is 1. The number of rotatable bonds is 3. The van der Waals surface area contributed by atoms with Gasteiger partial charge >= 0.3 is 6.18 Å². The molecule has 102 valence electrons. The normalized spacial score (nSPS) is 13.5. The molecule has 0 radical (unpaired) electrons. The molecule has 0 bridgehead atoms. The number of nitrogens with zero attached hydrogens (tertiary/aromatic N) is 1. The smallest absolute Gasteiger partial charge is 0.416 e. The molecule has 0 aliphatic heterocycles. The van der Waals surface area contributed by atoms with Gasteiger partial charge in [-0.05, 0) is 24.6 Å². The van der Waals surface area contributed by atoms with Crippen LogP contribution in [0.5, 0.6) is 0 Å². The van der Waals surface area contributed by atoms with E-state index in [0.29, 0.717) is 17.1 Å². The highest BCUT2D eigenvalue weighted by Crippen LogP contribution is 2.29. The molecule has 2 rings (SSSR count). The third-order valence-corrected chi connectivity index (χ3v) is 2.63. The van der Waals surface area contributed by atoms with Crippen LogP contribution in [0, 0.1) is 0 Å². The van der Waals surface area contributed by atoms with Crippen LogP contribution >= 0.6 is 0 Å². The molecule has 0 amide bonds. The molecule has 3 nitrogen and oxygen atoms in total. The molecule has 6 heteroatoms. The molecule has 1 heterocycles. The van der Waals surface area contributed by atoms with Crippen molar-refractivity contribution < 1.29 is 22.7 Å². The van der Waals surface area contributed by atoms with Crippen LogP contribution in [0.25, 0.3) is 0 Å². The van der Waals surface area contributed by atoms with E-state index in [0.717, 1.165) is 12.1 Å². The van der Waals surface area contributed by atoms with Gasteiger partial charge in [-0.2, -0.15) is 13.2 Å². The second-order valence-electron chi connectivity index (χ2n) is 4.21. The van der Waals surface area contributed by atoms with E-state index in [9.17, 15) is 18.3 Å². The summed E-state index contributed by atoms with van der Waals surface area (Å²) in [5.74, 6) is 0.357. The number of oxazole rings is 1. The van der Waals surface area contributed by atoms with Crippen LogP contribution in [0.15, 0.2) is 34.9 Å². The molecule has 0 fully saturated rings. The second-order valence-corrected chi connectivity index (χ2v) is 4.21. The lowest BCUT2D eigenvalue weighted by molar-refractivity contribution is -0.137. The zero-order valence-corrected chi connectivity index (χ0v) is 10.1. The third kappa shape index (κ3) is 3.35. The van der Waals surface area contributed by atoms with Crippen molar-refractivity contribution in [2.24, 2.45) is 0 Å². The first kappa shape index (κ1) is 13.6. The van der Waals surface area contributed by atoms with Crippen molar-refractivity contribution in [2.45, 2.75) is 25.6 Å². The quantitative estimate of drug-likeness (QED) is 0.931. The van der Waals surface area contributed by atoms with Crippen LogP contribution in [-0.2, 0) is 12.6 Å². The molecule has 1 aromatic carbocycles. The maximum Gasteiger partial charge on any atom is 0.416 e. The number of alkyl halides is 3. The Morgan fingerprint density at radius 3 is 2.37 bits per heavy atom. The van der Waals surface area contributed by atoms with Crippen molar-refractivity contribution in [1.29, 1.82) is 0 Å². The first-order valence-electron chi connectivity index (χ1n) is 5.65. The standard InChI is InChI=1S/C13H12F3NO2/c1-8(18)11-7-19-12(17-11)6-9-2-4-10(5-3-9)13(14,15)16/h2-5,7-8,18H,6H2,1H3. The van der Waals surface area contributed by atoms with Gasteiger partial charge in [0.15, 0.2) is 5.89 Å². The summed E-state index contributed by atoms with van der Waals surface area (Å²) in [6, 6.07) is 4.81. The Bertz CT molecular complexity index is 544. The van der Waals surface area contributed by atoms with E-state index in [2.05, 4.69) is 4.98 Å². The lowest BCUT2D eigenvalue weighted by Gasteiger charge is -2.06. The summed E-state index contributed by atoms with van der Waals surface area (Å²) in [6.45, 7) is 1.56. The van der Waals surface area contributed by atoms with Gasteiger partial charge in [-0.25, -0.2) is 4.98 Å². The first-order chi connectivity index (χ1) is 8.86. The zero-order chi connectivity index (χ0) is 14.0. The molecule has 1 N–H and O–H groups in total. The molecule has 0 spiro atoms. The van der Waals surface area contributed by atoms with Crippen LogP contribution in [-0.4, -0.2) is 10.1 Å². The summed E-state index contributed by atoms with van der Waals surface area (Å²) in [7, 11) is 0. The number of aromatic nitrogens is 1. The van der Waals surface area contributed by atoms with Crippen LogP contribution in [0.4, 0.5) is 13.2 Å². The number of aliphatic hydroxyl groups is 1. The summed E-state index contributed by atoms with van der Waals surface area (Å²) in [6.07, 6.45) is -3.44. The SMILES string of the molecule is CC(O)c1coc(Cc2ccc(C(F)(F)F)cc2)n1. The van der Waals surface area contributed by atoms with Gasteiger partial charge in [0.2, 0.25) is 0 Å². The highest BCUT2D eigenvalue weighted by atomic mass is 19.4. The number of benzene rings is 1. The number of halogens is 3. The Balaban J connectivity index is 2.11. The lowest BCUT2D eigenvalue weighted by Crippen LogP contribution is -2.04. The minimum absolute atomic E-state index is 0.283. The molecular weight excluding hydrogens is 259 g/mol. The Morgan fingerprint density at radius 2 is 1.89 bits per heavy atom. The topological polar surface area (TPSA) is 46.3 Å². The first-order valence-corrected chi connectivity index (χ1v) is 5.65. The molecule has 1 aromatic heterocycles. The van der Waals surface area contributed by atoms with Crippen LogP contribution in [0.1, 0.15) is 35.7 Å². The average molecular weight is 271 g/mol. The molecular formula is C13H12F3NO2. The van der Waals surface area contributed by atoms with Crippen LogP contribution < -0.4 is 0 Å². The van der Waals surface area contributed by atoms with E-state index < -0.39 is 17.8 Å². The van der Waals surface area contributed by atoms with Gasteiger partial charge in [-0.3, -0.25) is 0 Å². The number of hydrogen-bond acceptors (Lipinski definition) is 3. The zero-order valence-electron chi connectivity index (χ0n) is 10.1. The monoisotopic (exact) mass is 271 g/mol. The predicted octanol–water partition coefficient (Wildman–Crippen LogP) is 3.34. The van der Waals surface area contributed by atoms with Gasteiger partial charge in [-0.1, -0.05) is 12.1 Å². The van der Waals surface area contributed by atoms with E-state index in [4.69, 9.17) is 4.42 Å². The fourth-order valence-corrected chi connectivity index (χ4v) is 1.58. The molecule has 0 aliphatic rings. The third-order valence-electron chi connectivity index (χ3n) is 2.63. The summed E-state index contributed by atoms with van der Waals surface area (Å²) in [5.41, 5.74) is 0.377. The largest absolute Gasteiger partial charge is 0.448 e. The Kier molecular flexibility index (Phi) is 3.61. The summed E-state index contributed by atoms with van der Waals surface area (Å²) in [5, 5.41) is 9.28. The van der Waals surface area contributed by atoms with Crippen molar-refractivity contribution in [1.82, 2.24) is 4.98 Å². The Labute approximate surface area is 107 Å². The second kappa shape index (κ2) is 5.05. The lowest BCUT2D eigenvalue weighted by atomic mass is 10.1. The van der Waals surface area contributed by atoms with Crippen molar-refractivity contribution in [2.75, 3.05) is 0 Å². The van der Waals surface area contributed by atoms with Gasteiger partial charge in [0.1, 0.15) is 12.0 Å². The van der Waals surface area contributed by atoms with E-state index in [1.165, 1.54) is 18.4 Å².